The Morgan fingerprint density at radius 1 is 1.05 bits per heavy atom. The van der Waals surface area contributed by atoms with Gasteiger partial charge in [-0.05, 0) is 58.9 Å². The lowest BCUT2D eigenvalue weighted by Crippen LogP contribution is -2.50. The predicted molar refractivity (Wildman–Crippen MR) is 94.9 cm³/mol. The van der Waals surface area contributed by atoms with E-state index in [1.54, 1.807) is 0 Å². The first-order valence-electron chi connectivity index (χ1n) is 9.31. The van der Waals surface area contributed by atoms with E-state index in [1.807, 2.05) is 0 Å². The number of nitrogens with zero attached hydrogens (tertiary/aromatic N) is 1. The summed E-state index contributed by atoms with van der Waals surface area (Å²) in [7, 11) is 0. The third-order valence-electron chi connectivity index (χ3n) is 5.32. The Morgan fingerprint density at radius 2 is 1.62 bits per heavy atom. The summed E-state index contributed by atoms with van der Waals surface area (Å²) in [5, 5.41) is 3.82. The molecule has 0 heterocycles. The summed E-state index contributed by atoms with van der Waals surface area (Å²) in [4.78, 5) is 2.72. The van der Waals surface area contributed by atoms with Gasteiger partial charge in [-0.25, -0.2) is 0 Å². The number of rotatable bonds is 7. The van der Waals surface area contributed by atoms with Gasteiger partial charge in [0.05, 0.1) is 0 Å². The molecule has 1 unspecified atom stereocenters. The molecule has 0 aromatic carbocycles. The van der Waals surface area contributed by atoms with Gasteiger partial charge in [-0.2, -0.15) is 0 Å². The van der Waals surface area contributed by atoms with Crippen molar-refractivity contribution in [1.29, 1.82) is 0 Å². The van der Waals surface area contributed by atoms with Crippen molar-refractivity contribution < 1.29 is 0 Å². The molecule has 1 aliphatic rings. The SMILES string of the molecule is CCC(C)N(CC)CC1(CNC(C)(C)C)CCCCCC1. The molecule has 126 valence electrons. The molecule has 0 saturated heterocycles. The molecule has 1 aliphatic carbocycles. The van der Waals surface area contributed by atoms with Crippen molar-refractivity contribution >= 4 is 0 Å². The second-order valence-electron chi connectivity index (χ2n) is 8.34. The molecule has 21 heavy (non-hydrogen) atoms. The fraction of sp³-hybridized carbons (Fsp3) is 1.00. The Balaban J connectivity index is 2.79. The maximum absolute atomic E-state index is 3.82. The zero-order valence-corrected chi connectivity index (χ0v) is 15.6. The zero-order valence-electron chi connectivity index (χ0n) is 15.6. The van der Waals surface area contributed by atoms with Crippen molar-refractivity contribution in [2.45, 2.75) is 98.1 Å². The van der Waals surface area contributed by atoms with Gasteiger partial charge in [-0.15, -0.1) is 0 Å². The summed E-state index contributed by atoms with van der Waals surface area (Å²) in [5.41, 5.74) is 0.718. The molecule has 0 aliphatic heterocycles. The highest BCUT2D eigenvalue weighted by Gasteiger charge is 2.34. The first-order chi connectivity index (χ1) is 9.82. The normalized spacial score (nSPS) is 21.3. The maximum atomic E-state index is 3.82. The third kappa shape index (κ3) is 6.69. The van der Waals surface area contributed by atoms with Crippen LogP contribution in [0, 0.1) is 5.41 Å². The van der Waals surface area contributed by atoms with Gasteiger partial charge in [0.25, 0.3) is 0 Å². The quantitative estimate of drug-likeness (QED) is 0.677. The monoisotopic (exact) mass is 296 g/mol. The van der Waals surface area contributed by atoms with Crippen LogP contribution in [0.15, 0.2) is 0 Å². The molecule has 0 aromatic rings. The lowest BCUT2D eigenvalue weighted by atomic mass is 9.78. The lowest BCUT2D eigenvalue weighted by molar-refractivity contribution is 0.0946. The van der Waals surface area contributed by atoms with E-state index >= 15 is 0 Å². The van der Waals surface area contributed by atoms with Crippen LogP contribution in [0.3, 0.4) is 0 Å². The molecule has 1 N–H and O–H groups in total. The first-order valence-corrected chi connectivity index (χ1v) is 9.31. The summed E-state index contributed by atoms with van der Waals surface area (Å²) in [6.45, 7) is 17.6. The largest absolute Gasteiger partial charge is 0.311 e. The van der Waals surface area contributed by atoms with Gasteiger partial charge in [0, 0.05) is 24.7 Å². The van der Waals surface area contributed by atoms with Crippen molar-refractivity contribution in [1.82, 2.24) is 10.2 Å². The van der Waals surface area contributed by atoms with E-state index in [0.29, 0.717) is 11.5 Å². The van der Waals surface area contributed by atoms with Crippen LogP contribution in [-0.4, -0.2) is 36.1 Å². The molecule has 0 spiro atoms. The van der Waals surface area contributed by atoms with Crippen molar-refractivity contribution in [2.24, 2.45) is 5.41 Å². The Labute approximate surface area is 134 Å². The summed E-state index contributed by atoms with van der Waals surface area (Å²) < 4.78 is 0. The minimum Gasteiger partial charge on any atom is -0.311 e. The molecule has 1 rings (SSSR count). The van der Waals surface area contributed by atoms with Gasteiger partial charge in [0.1, 0.15) is 0 Å². The highest BCUT2D eigenvalue weighted by Crippen LogP contribution is 2.36. The number of nitrogens with one attached hydrogen (secondary N) is 1. The van der Waals surface area contributed by atoms with Gasteiger partial charge in [-0.1, -0.05) is 39.5 Å². The second-order valence-corrected chi connectivity index (χ2v) is 8.34. The first kappa shape index (κ1) is 19.0. The molecule has 2 heteroatoms. The molecule has 0 aromatic heterocycles. The van der Waals surface area contributed by atoms with E-state index in [2.05, 4.69) is 51.8 Å². The van der Waals surface area contributed by atoms with Crippen LogP contribution < -0.4 is 5.32 Å². The Morgan fingerprint density at radius 3 is 2.05 bits per heavy atom. The molecule has 2 nitrogen and oxygen atoms in total. The Hall–Kier alpha value is -0.0800. The third-order valence-corrected chi connectivity index (χ3v) is 5.32. The second kappa shape index (κ2) is 8.53. The van der Waals surface area contributed by atoms with Crippen LogP contribution in [-0.2, 0) is 0 Å². The Kier molecular flexibility index (Phi) is 7.70. The van der Waals surface area contributed by atoms with Crippen molar-refractivity contribution in [3.8, 4) is 0 Å². The maximum Gasteiger partial charge on any atom is 0.00967 e. The van der Waals surface area contributed by atoms with Gasteiger partial charge < -0.3 is 10.2 Å². The summed E-state index contributed by atoms with van der Waals surface area (Å²) in [6.07, 6.45) is 9.79. The molecule has 1 fully saturated rings. The minimum absolute atomic E-state index is 0.229. The fourth-order valence-corrected chi connectivity index (χ4v) is 3.59. The number of hydrogen-bond acceptors (Lipinski definition) is 2. The molecule has 1 saturated carbocycles. The van der Waals surface area contributed by atoms with E-state index in [4.69, 9.17) is 0 Å². The van der Waals surface area contributed by atoms with E-state index in [1.165, 1.54) is 64.6 Å². The fourth-order valence-electron chi connectivity index (χ4n) is 3.59. The lowest BCUT2D eigenvalue weighted by Gasteiger charge is -2.42. The van der Waals surface area contributed by atoms with Crippen LogP contribution in [0.4, 0.5) is 0 Å². The highest BCUT2D eigenvalue weighted by molar-refractivity contribution is 4.89. The molecular formula is C19H40N2. The van der Waals surface area contributed by atoms with Crippen LogP contribution >= 0.6 is 0 Å². The van der Waals surface area contributed by atoms with E-state index in [9.17, 15) is 0 Å². The van der Waals surface area contributed by atoms with Gasteiger partial charge in [0.15, 0.2) is 0 Å². The van der Waals surface area contributed by atoms with Crippen molar-refractivity contribution in [3.05, 3.63) is 0 Å². The Bertz CT molecular complexity index is 272. The molecule has 0 radical (unpaired) electrons. The van der Waals surface area contributed by atoms with Crippen LogP contribution in [0.1, 0.15) is 86.5 Å². The molecule has 1 atom stereocenters. The van der Waals surface area contributed by atoms with Crippen molar-refractivity contribution in [3.63, 3.8) is 0 Å². The minimum atomic E-state index is 0.229. The standard InChI is InChI=1S/C19H40N2/c1-7-17(3)21(8-2)16-19(15-20-18(4,5)6)13-11-9-10-12-14-19/h17,20H,7-16H2,1-6H3. The van der Waals surface area contributed by atoms with Crippen molar-refractivity contribution in [2.75, 3.05) is 19.6 Å². The van der Waals surface area contributed by atoms with Gasteiger partial charge in [-0.3, -0.25) is 0 Å². The smallest absolute Gasteiger partial charge is 0.00967 e. The topological polar surface area (TPSA) is 15.3 Å². The summed E-state index contributed by atoms with van der Waals surface area (Å²) in [5.74, 6) is 0. The summed E-state index contributed by atoms with van der Waals surface area (Å²) >= 11 is 0. The highest BCUT2D eigenvalue weighted by atomic mass is 15.2. The summed E-state index contributed by atoms with van der Waals surface area (Å²) in [6, 6.07) is 0.713. The average Bonchev–Trinajstić information content (AvgIpc) is 2.67. The zero-order chi connectivity index (χ0) is 15.9. The number of hydrogen-bond donors (Lipinski definition) is 1. The van der Waals surface area contributed by atoms with E-state index < -0.39 is 0 Å². The molecular weight excluding hydrogens is 256 g/mol. The van der Waals surface area contributed by atoms with Crippen LogP contribution in [0.5, 0.6) is 0 Å². The van der Waals surface area contributed by atoms with Crippen LogP contribution in [0.2, 0.25) is 0 Å². The molecule has 0 bridgehead atoms. The van der Waals surface area contributed by atoms with E-state index in [0.717, 1.165) is 0 Å². The average molecular weight is 297 g/mol. The van der Waals surface area contributed by atoms with Crippen LogP contribution in [0.25, 0.3) is 0 Å². The molecule has 0 amide bonds. The predicted octanol–water partition coefficient (Wildman–Crippen LogP) is 4.84. The van der Waals surface area contributed by atoms with Gasteiger partial charge in [0.2, 0.25) is 0 Å². The van der Waals surface area contributed by atoms with Gasteiger partial charge >= 0.3 is 0 Å². The van der Waals surface area contributed by atoms with E-state index in [-0.39, 0.29) is 5.54 Å².